The van der Waals surface area contributed by atoms with E-state index in [0.29, 0.717) is 0 Å². The van der Waals surface area contributed by atoms with Gasteiger partial charge in [0.05, 0.1) is 28.2 Å². The Morgan fingerprint density at radius 2 is 0.957 bits per heavy atom. The number of fused-ring (bicyclic) bond motifs is 8. The molecule has 6 aromatic rings. The van der Waals surface area contributed by atoms with Gasteiger partial charge in [-0.15, -0.1) is 0 Å². The second kappa shape index (κ2) is 19.7. The molecule has 47 heavy (non-hydrogen) atoms. The number of aromatic nitrogens is 2. The van der Waals surface area contributed by atoms with Gasteiger partial charge >= 0.3 is 0 Å². The van der Waals surface area contributed by atoms with Crippen LogP contribution < -0.4 is 9.48 Å². The van der Waals surface area contributed by atoms with Gasteiger partial charge in [0.25, 0.3) is 11.4 Å². The first-order valence-corrected chi connectivity index (χ1v) is 15.0. The van der Waals surface area contributed by atoms with Crippen molar-refractivity contribution in [2.75, 3.05) is 26.4 Å². The molecule has 3 heterocycles. The Morgan fingerprint density at radius 1 is 0.553 bits per heavy atom. The quantitative estimate of drug-likeness (QED) is 0.105. The zero-order chi connectivity index (χ0) is 30.7. The number of para-hydroxylation sites is 2. The van der Waals surface area contributed by atoms with E-state index in [1.807, 2.05) is 137 Å². The van der Waals surface area contributed by atoms with Crippen molar-refractivity contribution in [1.29, 1.82) is 0 Å². The molecule has 248 valence electrons. The number of rotatable bonds is 4. The summed E-state index contributed by atoms with van der Waals surface area (Å²) in [6, 6.07) is 27.9. The molecular weight excluding hydrogens is 676 g/mol. The van der Waals surface area contributed by atoms with Crippen molar-refractivity contribution in [1.82, 2.24) is 0 Å². The predicted octanol–water partition coefficient (Wildman–Crippen LogP) is 8.08. The number of benzene rings is 4. The molecule has 1 aliphatic rings. The van der Waals surface area contributed by atoms with Crippen LogP contribution in [-0.2, 0) is 43.6 Å². The summed E-state index contributed by atoms with van der Waals surface area (Å²) in [7, 11) is 0. The molecule has 0 saturated heterocycles. The van der Waals surface area contributed by atoms with E-state index in [-0.39, 0.29) is 41.6 Å². The van der Waals surface area contributed by atoms with Crippen LogP contribution >= 0.6 is 0 Å². The maximum atomic E-state index is 6.24. The molecule has 1 aliphatic heterocycles. The molecule has 0 spiro atoms. The van der Waals surface area contributed by atoms with Crippen LogP contribution in [0.2, 0.25) is 0 Å². The fourth-order valence-electron chi connectivity index (χ4n) is 4.64. The molecule has 8 bridgehead atoms. The molecule has 7 rings (SSSR count). The monoisotopic (exact) mass is 717 g/mol. The van der Waals surface area contributed by atoms with Gasteiger partial charge in [-0.25, -0.2) is 9.05 Å². The summed E-state index contributed by atoms with van der Waals surface area (Å²) in [4.78, 5) is 9.37. The second-order valence-corrected chi connectivity index (χ2v) is 9.74. The van der Waals surface area contributed by atoms with Crippen molar-refractivity contribution in [3.05, 3.63) is 116 Å². The van der Waals surface area contributed by atoms with Gasteiger partial charge in [0.2, 0.25) is 23.6 Å². The molecule has 4 aromatic carbocycles. The third-order valence-electron chi connectivity index (χ3n) is 6.73. The molecule has 0 N–H and O–H groups in total. The van der Waals surface area contributed by atoms with Gasteiger partial charge in [-0.1, -0.05) is 18.2 Å². The van der Waals surface area contributed by atoms with Gasteiger partial charge in [0.1, 0.15) is 0 Å². The topological polar surface area (TPSA) is 77.2 Å². The molecule has 10 heteroatoms. The minimum atomic E-state index is 0. The molecule has 0 aliphatic carbocycles. The Morgan fingerprint density at radius 3 is 1.36 bits per heavy atom. The summed E-state index contributed by atoms with van der Waals surface area (Å²) in [5.74, 6) is 0. The third-order valence-corrected chi connectivity index (χ3v) is 6.73. The Kier molecular flexibility index (Phi) is 16.5. The summed E-state index contributed by atoms with van der Waals surface area (Å²) < 4.78 is 25.7. The summed E-state index contributed by atoms with van der Waals surface area (Å²) in [6.07, 6.45) is 7.63. The van der Waals surface area contributed by atoms with Crippen molar-refractivity contribution >= 4 is 45.7 Å². The molecular formula is C37H41Fe2N4O4+. The Bertz CT molecular complexity index is 1770. The molecule has 8 nitrogen and oxygen atoms in total. The minimum absolute atomic E-state index is 0. The van der Waals surface area contributed by atoms with Crippen LogP contribution in [0.15, 0.2) is 116 Å². The second-order valence-electron chi connectivity index (χ2n) is 9.74. The molecule has 0 unspecified atom stereocenters. The van der Waals surface area contributed by atoms with Gasteiger partial charge in [-0.05, 0) is 76.2 Å². The Labute approximate surface area is 298 Å². The van der Waals surface area contributed by atoms with E-state index in [0.717, 1.165) is 82.2 Å². The Balaban J connectivity index is 0.000000523. The number of ether oxygens (including phenoxy) is 2. The van der Waals surface area contributed by atoms with Crippen LogP contribution in [-0.4, -0.2) is 38.9 Å². The van der Waals surface area contributed by atoms with Crippen LogP contribution in [0, 0.1) is 7.43 Å². The fraction of sp³-hybridized carbons (Fsp3) is 0.216. The maximum absolute atomic E-state index is 6.24. The van der Waals surface area contributed by atoms with Gasteiger partial charge < -0.3 is 16.9 Å². The van der Waals surface area contributed by atoms with E-state index < -0.39 is 0 Å². The first-order chi connectivity index (χ1) is 21.6. The number of aliphatic imine (C=N–C) groups is 2. The van der Waals surface area contributed by atoms with Gasteiger partial charge in [-0.2, -0.15) is 0 Å². The van der Waals surface area contributed by atoms with Crippen molar-refractivity contribution in [3.63, 3.8) is 0 Å². The van der Waals surface area contributed by atoms with Crippen molar-refractivity contribution < 1.29 is 62.1 Å². The zero-order valence-corrected chi connectivity index (χ0v) is 29.6. The first-order valence-electron chi connectivity index (χ1n) is 15.0. The van der Waals surface area contributed by atoms with E-state index in [9.17, 15) is 0 Å². The number of hydrogen-bond acceptors (Lipinski definition) is 6. The molecule has 0 fully saturated rings. The average Bonchev–Trinajstić information content (AvgIpc) is 3.70. The average molecular weight is 717 g/mol. The van der Waals surface area contributed by atoms with Gasteiger partial charge in [0.15, 0.2) is 0 Å². The molecule has 0 amide bonds. The van der Waals surface area contributed by atoms with Crippen molar-refractivity contribution in [2.45, 2.75) is 27.7 Å². The van der Waals surface area contributed by atoms with Crippen LogP contribution in [0.1, 0.15) is 38.8 Å². The van der Waals surface area contributed by atoms with E-state index >= 15 is 0 Å². The largest absolute Gasteiger partial charge is 0.382 e. The van der Waals surface area contributed by atoms with E-state index in [4.69, 9.17) is 18.5 Å². The first kappa shape index (κ1) is 39.3. The van der Waals surface area contributed by atoms with Crippen molar-refractivity contribution in [3.8, 4) is 11.4 Å². The zero-order valence-electron chi connectivity index (χ0n) is 27.3. The van der Waals surface area contributed by atoms with Crippen molar-refractivity contribution in [2.24, 2.45) is 9.98 Å². The standard InChI is InChI=1S/C28H18N4O2.2C4H10O.CH3.2Fe/c1-5-19-15-29-23-9-3-10-24(13-23)30-16-20-6-2-8-22-18-32(34-28(20)22)26-12-4-11-25(14-26)31-17-21(7-1)27(19)33-31;2*1-3-5-4-2;;;/h1-18H;2*3-4H2,1-2H3;1H3;;/q+2;;;-1;;. The van der Waals surface area contributed by atoms with Gasteiger partial charge in [0, 0.05) is 106 Å². The van der Waals surface area contributed by atoms with Crippen LogP contribution in [0.25, 0.3) is 33.3 Å². The third kappa shape index (κ3) is 10.1. The summed E-state index contributed by atoms with van der Waals surface area (Å²) in [6.45, 7) is 11.3. The van der Waals surface area contributed by atoms with E-state index in [1.54, 1.807) is 9.48 Å². The van der Waals surface area contributed by atoms with Crippen LogP contribution in [0.3, 0.4) is 0 Å². The number of nitrogens with zero attached hydrogens (tertiary/aromatic N) is 4. The summed E-state index contributed by atoms with van der Waals surface area (Å²) in [5, 5.41) is 1.98. The molecule has 2 aromatic heterocycles. The SMILES string of the molecule is C1=Nc2cccc(c2)N=Cc2cccc3c[n+](oc23)-c2cccc(c2)-[n+]2cc3cccc1c3o2.CCOCC.CCOCC.[CH3-].[Fe].[Fe]. The van der Waals surface area contributed by atoms with Gasteiger partial charge in [-0.3, -0.25) is 9.98 Å². The predicted molar refractivity (Wildman–Crippen MR) is 181 cm³/mol. The minimum Gasteiger partial charge on any atom is -0.382 e. The van der Waals surface area contributed by atoms with Crippen LogP contribution in [0.4, 0.5) is 11.4 Å². The smallest absolute Gasteiger partial charge is 0.264 e. The summed E-state index contributed by atoms with van der Waals surface area (Å²) in [5.41, 5.74) is 6.75. The van der Waals surface area contributed by atoms with Crippen LogP contribution in [0.5, 0.6) is 0 Å². The van der Waals surface area contributed by atoms with E-state index in [1.165, 1.54) is 0 Å². The normalized spacial score (nSPS) is 10.8. The number of hydrogen-bond donors (Lipinski definition) is 0. The molecule has 0 atom stereocenters. The molecule has 0 radical (unpaired) electrons. The molecule has 0 saturated carbocycles. The Hall–Kier alpha value is -3.88. The summed E-state index contributed by atoms with van der Waals surface area (Å²) >= 11 is 0. The maximum Gasteiger partial charge on any atom is 0.264 e. The fourth-order valence-corrected chi connectivity index (χ4v) is 4.64. The van der Waals surface area contributed by atoms with E-state index in [2.05, 4.69) is 9.98 Å².